The minimum atomic E-state index is -0.711. The number of aliphatic carboxylic acids is 1. The van der Waals surface area contributed by atoms with E-state index in [4.69, 9.17) is 10.3 Å². The summed E-state index contributed by atoms with van der Waals surface area (Å²) in [6, 6.07) is 0. The Balaban J connectivity index is 3.40. The summed E-state index contributed by atoms with van der Waals surface area (Å²) in [6.07, 6.45) is 6.90. The van der Waals surface area contributed by atoms with E-state index in [9.17, 15) is 4.79 Å². The van der Waals surface area contributed by atoms with Gasteiger partial charge in [-0.05, 0) is 31.6 Å². The van der Waals surface area contributed by atoms with Crippen molar-refractivity contribution in [2.24, 2.45) is 11.1 Å². The topological polar surface area (TPSA) is 69.9 Å². The molecule has 0 radical (unpaired) electrons. The Labute approximate surface area is 104 Å². The molecule has 0 spiro atoms. The summed E-state index contributed by atoms with van der Waals surface area (Å²) >= 11 is 0. The van der Waals surface area contributed by atoms with Crippen LogP contribution < -0.4 is 0 Å². The van der Waals surface area contributed by atoms with Gasteiger partial charge in [0.2, 0.25) is 0 Å². The van der Waals surface area contributed by atoms with E-state index in [1.54, 1.807) is 0 Å². The molecule has 0 aliphatic rings. The summed E-state index contributed by atoms with van der Waals surface area (Å²) in [6.45, 7) is 4.22. The maximum atomic E-state index is 10.3. The van der Waals surface area contributed by atoms with Crippen LogP contribution in [0.2, 0.25) is 0 Å². The van der Waals surface area contributed by atoms with E-state index in [0.717, 1.165) is 50.7 Å². The first-order valence-corrected chi connectivity index (χ1v) is 6.47. The van der Waals surface area contributed by atoms with E-state index in [2.05, 4.69) is 19.0 Å². The van der Waals surface area contributed by atoms with Crippen molar-refractivity contribution in [3.63, 3.8) is 0 Å². The van der Waals surface area contributed by atoms with Crippen molar-refractivity contribution in [2.75, 3.05) is 0 Å². The van der Waals surface area contributed by atoms with E-state index in [1.165, 1.54) is 0 Å². The van der Waals surface area contributed by atoms with Gasteiger partial charge >= 0.3 is 5.97 Å². The van der Waals surface area contributed by atoms with Crippen LogP contribution in [0.15, 0.2) is 5.16 Å². The third-order valence-electron chi connectivity index (χ3n) is 2.64. The Hall–Kier alpha value is -1.06. The van der Waals surface area contributed by atoms with Gasteiger partial charge in [0.05, 0.1) is 5.71 Å². The largest absolute Gasteiger partial charge is 0.481 e. The van der Waals surface area contributed by atoms with Crippen LogP contribution >= 0.6 is 0 Å². The minimum absolute atomic E-state index is 0.275. The van der Waals surface area contributed by atoms with Gasteiger partial charge in [-0.25, -0.2) is 0 Å². The normalized spacial score (nSPS) is 12.1. The van der Waals surface area contributed by atoms with Crippen LogP contribution in [0.5, 0.6) is 0 Å². The average Bonchev–Trinajstić information content (AvgIpc) is 2.25. The lowest BCUT2D eigenvalue weighted by Gasteiger charge is -2.06. The van der Waals surface area contributed by atoms with Crippen LogP contribution in [0.4, 0.5) is 0 Å². The van der Waals surface area contributed by atoms with Crippen LogP contribution in [0, 0.1) is 5.92 Å². The Morgan fingerprint density at radius 2 is 1.59 bits per heavy atom. The highest BCUT2D eigenvalue weighted by Crippen LogP contribution is 2.11. The van der Waals surface area contributed by atoms with Crippen LogP contribution in [-0.2, 0) is 4.79 Å². The Kier molecular flexibility index (Phi) is 9.49. The lowest BCUT2D eigenvalue weighted by Crippen LogP contribution is -2.03. The maximum absolute atomic E-state index is 10.3. The number of rotatable bonds is 10. The van der Waals surface area contributed by atoms with Gasteiger partial charge in [0.25, 0.3) is 0 Å². The molecular formula is C13H25NO3. The average molecular weight is 243 g/mol. The molecule has 0 rings (SSSR count). The van der Waals surface area contributed by atoms with E-state index >= 15 is 0 Å². The zero-order chi connectivity index (χ0) is 13.1. The van der Waals surface area contributed by atoms with Gasteiger partial charge in [0.1, 0.15) is 0 Å². The molecule has 0 amide bonds. The third-order valence-corrected chi connectivity index (χ3v) is 2.64. The summed E-state index contributed by atoms with van der Waals surface area (Å²) in [5, 5.41) is 20.6. The minimum Gasteiger partial charge on any atom is -0.481 e. The highest BCUT2D eigenvalue weighted by Gasteiger charge is 2.03. The molecule has 0 atom stereocenters. The lowest BCUT2D eigenvalue weighted by atomic mass is 10.0. The van der Waals surface area contributed by atoms with Crippen molar-refractivity contribution in [3.05, 3.63) is 0 Å². The van der Waals surface area contributed by atoms with E-state index in [1.807, 2.05) is 0 Å². The van der Waals surface area contributed by atoms with Gasteiger partial charge in [0, 0.05) is 6.42 Å². The summed E-state index contributed by atoms with van der Waals surface area (Å²) in [5.41, 5.74) is 0.880. The standard InChI is InChI=1S/C13H25NO3/c1-11(2)10-12(14-17)8-6-4-3-5-7-9-13(15)16/h11,17H,3-10H2,1-2H3,(H,15,16). The fourth-order valence-electron chi connectivity index (χ4n) is 1.80. The molecule has 4 heteroatoms. The second kappa shape index (κ2) is 10.1. The van der Waals surface area contributed by atoms with E-state index in [-0.39, 0.29) is 6.42 Å². The van der Waals surface area contributed by atoms with Gasteiger partial charge < -0.3 is 10.3 Å². The quantitative estimate of drug-likeness (QED) is 0.266. The number of carbonyl (C=O) groups is 1. The second-order valence-corrected chi connectivity index (χ2v) is 4.93. The van der Waals surface area contributed by atoms with Crippen LogP contribution in [-0.4, -0.2) is 22.0 Å². The highest BCUT2D eigenvalue weighted by atomic mass is 16.4. The fraction of sp³-hybridized carbons (Fsp3) is 0.846. The first kappa shape index (κ1) is 15.9. The Morgan fingerprint density at radius 1 is 1.06 bits per heavy atom. The first-order chi connectivity index (χ1) is 8.06. The zero-order valence-corrected chi connectivity index (χ0v) is 11.0. The van der Waals surface area contributed by atoms with Crippen molar-refractivity contribution < 1.29 is 15.1 Å². The SMILES string of the molecule is CC(C)CC(CCCCCCCC(=O)O)=NO. The summed E-state index contributed by atoms with van der Waals surface area (Å²) in [7, 11) is 0. The fourth-order valence-corrected chi connectivity index (χ4v) is 1.80. The van der Waals surface area contributed by atoms with E-state index < -0.39 is 5.97 Å². The van der Waals surface area contributed by atoms with Crippen molar-refractivity contribution in [1.82, 2.24) is 0 Å². The highest BCUT2D eigenvalue weighted by molar-refractivity contribution is 5.83. The van der Waals surface area contributed by atoms with Crippen LogP contribution in [0.25, 0.3) is 0 Å². The number of nitrogens with zero attached hydrogens (tertiary/aromatic N) is 1. The molecule has 0 aromatic rings. The number of carboxylic acid groups (broad SMARTS) is 1. The van der Waals surface area contributed by atoms with Gasteiger partial charge in [-0.15, -0.1) is 0 Å². The molecule has 2 N–H and O–H groups in total. The molecule has 0 saturated carbocycles. The number of carboxylic acids is 1. The molecule has 0 heterocycles. The van der Waals surface area contributed by atoms with Crippen molar-refractivity contribution in [1.29, 1.82) is 0 Å². The van der Waals surface area contributed by atoms with Gasteiger partial charge in [-0.2, -0.15) is 0 Å². The Morgan fingerprint density at radius 3 is 2.06 bits per heavy atom. The zero-order valence-electron chi connectivity index (χ0n) is 11.0. The molecule has 0 aliphatic carbocycles. The van der Waals surface area contributed by atoms with E-state index in [0.29, 0.717) is 5.92 Å². The molecule has 0 saturated heterocycles. The molecule has 0 aromatic carbocycles. The number of oxime groups is 1. The molecular weight excluding hydrogens is 218 g/mol. The summed E-state index contributed by atoms with van der Waals surface area (Å²) in [4.78, 5) is 10.3. The van der Waals surface area contributed by atoms with Crippen LogP contribution in [0.1, 0.15) is 65.2 Å². The second-order valence-electron chi connectivity index (χ2n) is 4.93. The molecule has 100 valence electrons. The maximum Gasteiger partial charge on any atom is 0.303 e. The van der Waals surface area contributed by atoms with Gasteiger partial charge in [-0.3, -0.25) is 4.79 Å². The molecule has 0 unspecified atom stereocenters. The van der Waals surface area contributed by atoms with Crippen molar-refractivity contribution >= 4 is 11.7 Å². The van der Waals surface area contributed by atoms with Crippen molar-refractivity contribution in [3.8, 4) is 0 Å². The molecule has 0 aliphatic heterocycles. The van der Waals surface area contributed by atoms with Crippen LogP contribution in [0.3, 0.4) is 0 Å². The Bertz CT molecular complexity index is 237. The smallest absolute Gasteiger partial charge is 0.303 e. The number of hydrogen-bond donors (Lipinski definition) is 2. The molecule has 0 aromatic heterocycles. The first-order valence-electron chi connectivity index (χ1n) is 6.47. The lowest BCUT2D eigenvalue weighted by molar-refractivity contribution is -0.137. The number of hydrogen-bond acceptors (Lipinski definition) is 3. The van der Waals surface area contributed by atoms with Gasteiger partial charge in [-0.1, -0.05) is 38.3 Å². The molecule has 0 bridgehead atoms. The third kappa shape index (κ3) is 11.2. The number of unbranched alkanes of at least 4 members (excludes halogenated alkanes) is 4. The summed E-state index contributed by atoms with van der Waals surface area (Å²) < 4.78 is 0. The predicted octanol–water partition coefficient (Wildman–Crippen LogP) is 3.68. The summed E-state index contributed by atoms with van der Waals surface area (Å²) in [5.74, 6) is -0.187. The monoisotopic (exact) mass is 243 g/mol. The molecule has 0 fully saturated rings. The predicted molar refractivity (Wildman–Crippen MR) is 68.6 cm³/mol. The van der Waals surface area contributed by atoms with Gasteiger partial charge in [0.15, 0.2) is 0 Å². The molecule has 4 nitrogen and oxygen atoms in total. The molecule has 17 heavy (non-hydrogen) atoms. The van der Waals surface area contributed by atoms with Crippen molar-refractivity contribution in [2.45, 2.75) is 65.2 Å².